The lowest BCUT2D eigenvalue weighted by Gasteiger charge is -2.01. The topological polar surface area (TPSA) is 53.4 Å². The number of aromatic nitrogens is 1. The molecule has 0 atom stereocenters. The molecule has 1 aromatic heterocycles. The van der Waals surface area contributed by atoms with Crippen LogP contribution in [0.25, 0.3) is 0 Å². The summed E-state index contributed by atoms with van der Waals surface area (Å²) in [5, 5.41) is 17.6. The van der Waals surface area contributed by atoms with Crippen LogP contribution in [-0.4, -0.2) is 22.2 Å². The Morgan fingerprint density at radius 1 is 1.45 bits per heavy atom. The van der Waals surface area contributed by atoms with Gasteiger partial charge in [-0.2, -0.15) is 0 Å². The first-order valence-electron chi connectivity index (χ1n) is 3.10. The fourth-order valence-electron chi connectivity index (χ4n) is 0.728. The molecule has 1 aromatic rings. The van der Waals surface area contributed by atoms with E-state index in [2.05, 4.69) is 20.9 Å². The van der Waals surface area contributed by atoms with E-state index in [4.69, 9.17) is 10.0 Å². The smallest absolute Gasteiger partial charge is 0.423 e. The molecule has 0 saturated heterocycles. The molecule has 0 amide bonds. The molecule has 0 aromatic carbocycles. The van der Waals surface area contributed by atoms with E-state index in [1.165, 1.54) is 0 Å². The van der Waals surface area contributed by atoms with Gasteiger partial charge in [0.05, 0.1) is 0 Å². The van der Waals surface area contributed by atoms with Gasteiger partial charge in [-0.25, -0.2) is 4.98 Å². The number of halogens is 1. The van der Waals surface area contributed by atoms with Crippen LogP contribution >= 0.6 is 15.9 Å². The average Bonchev–Trinajstić information content (AvgIpc) is 1.85. The van der Waals surface area contributed by atoms with E-state index < -0.39 is 7.12 Å². The van der Waals surface area contributed by atoms with Crippen molar-refractivity contribution < 1.29 is 10.0 Å². The Bertz CT molecular complexity index is 267. The SMILES string of the molecule is Cc1ccc(B(O)O)c(Br)n1. The summed E-state index contributed by atoms with van der Waals surface area (Å²) in [6.45, 7) is 1.83. The lowest BCUT2D eigenvalue weighted by Crippen LogP contribution is -2.31. The molecule has 0 saturated carbocycles. The van der Waals surface area contributed by atoms with Crippen molar-refractivity contribution in [1.29, 1.82) is 0 Å². The highest BCUT2D eigenvalue weighted by Crippen LogP contribution is 2.03. The Labute approximate surface area is 73.4 Å². The summed E-state index contributed by atoms with van der Waals surface area (Å²) >= 11 is 3.12. The van der Waals surface area contributed by atoms with E-state index in [0.717, 1.165) is 5.69 Å². The van der Waals surface area contributed by atoms with Gasteiger partial charge >= 0.3 is 7.12 Å². The Kier molecular flexibility index (Phi) is 2.65. The summed E-state index contributed by atoms with van der Waals surface area (Å²) in [7, 11) is -1.46. The van der Waals surface area contributed by atoms with Gasteiger partial charge in [0.2, 0.25) is 0 Å². The van der Waals surface area contributed by atoms with Gasteiger partial charge in [0.1, 0.15) is 4.60 Å². The molecule has 5 heteroatoms. The first-order valence-corrected chi connectivity index (χ1v) is 3.89. The maximum atomic E-state index is 8.78. The molecular weight excluding hydrogens is 209 g/mol. The first kappa shape index (κ1) is 8.71. The highest BCUT2D eigenvalue weighted by Gasteiger charge is 2.14. The van der Waals surface area contributed by atoms with Crippen molar-refractivity contribution in [2.24, 2.45) is 0 Å². The molecule has 0 radical (unpaired) electrons. The molecule has 0 fully saturated rings. The fraction of sp³-hybridized carbons (Fsp3) is 0.167. The molecule has 1 heterocycles. The minimum Gasteiger partial charge on any atom is -0.423 e. The minimum absolute atomic E-state index is 0.385. The van der Waals surface area contributed by atoms with E-state index in [-0.39, 0.29) is 0 Å². The van der Waals surface area contributed by atoms with Gasteiger partial charge in [-0.3, -0.25) is 0 Å². The molecule has 3 nitrogen and oxygen atoms in total. The zero-order valence-corrected chi connectivity index (χ0v) is 7.54. The van der Waals surface area contributed by atoms with Crippen molar-refractivity contribution >= 4 is 28.5 Å². The normalized spacial score (nSPS) is 9.82. The molecule has 0 aliphatic heterocycles. The van der Waals surface area contributed by atoms with Crippen LogP contribution in [0, 0.1) is 6.92 Å². The Morgan fingerprint density at radius 2 is 2.09 bits per heavy atom. The van der Waals surface area contributed by atoms with Crippen LogP contribution in [0.3, 0.4) is 0 Å². The lowest BCUT2D eigenvalue weighted by molar-refractivity contribution is 0.425. The number of nitrogens with zero attached hydrogens (tertiary/aromatic N) is 1. The molecule has 11 heavy (non-hydrogen) atoms. The van der Waals surface area contributed by atoms with Crippen LogP contribution < -0.4 is 5.46 Å². The van der Waals surface area contributed by atoms with Crippen LogP contribution in [0.2, 0.25) is 0 Å². The minimum atomic E-state index is -1.46. The van der Waals surface area contributed by atoms with E-state index in [9.17, 15) is 0 Å². The Balaban J connectivity index is 3.09. The zero-order valence-electron chi connectivity index (χ0n) is 5.95. The van der Waals surface area contributed by atoms with E-state index >= 15 is 0 Å². The van der Waals surface area contributed by atoms with Gasteiger partial charge in [0.15, 0.2) is 0 Å². The van der Waals surface area contributed by atoms with Crippen LogP contribution in [0.15, 0.2) is 16.7 Å². The predicted molar refractivity (Wildman–Crippen MR) is 46.5 cm³/mol. The highest BCUT2D eigenvalue weighted by molar-refractivity contribution is 9.10. The van der Waals surface area contributed by atoms with E-state index in [1.807, 2.05) is 6.92 Å². The largest absolute Gasteiger partial charge is 0.491 e. The highest BCUT2D eigenvalue weighted by atomic mass is 79.9. The van der Waals surface area contributed by atoms with Crippen molar-refractivity contribution in [1.82, 2.24) is 4.98 Å². The third-order valence-electron chi connectivity index (χ3n) is 1.29. The molecule has 1 rings (SSSR count). The maximum Gasteiger partial charge on any atom is 0.491 e. The van der Waals surface area contributed by atoms with Crippen LogP contribution in [0.1, 0.15) is 5.69 Å². The molecule has 0 aliphatic rings. The molecule has 0 spiro atoms. The van der Waals surface area contributed by atoms with Crippen LogP contribution in [0.5, 0.6) is 0 Å². The van der Waals surface area contributed by atoms with Crippen LogP contribution in [-0.2, 0) is 0 Å². The van der Waals surface area contributed by atoms with Gasteiger partial charge in [-0.1, -0.05) is 6.07 Å². The van der Waals surface area contributed by atoms with Crippen molar-refractivity contribution in [2.45, 2.75) is 6.92 Å². The Morgan fingerprint density at radius 3 is 2.55 bits per heavy atom. The number of hydrogen-bond acceptors (Lipinski definition) is 3. The monoisotopic (exact) mass is 215 g/mol. The second-order valence-corrected chi connectivity index (χ2v) is 2.96. The van der Waals surface area contributed by atoms with Gasteiger partial charge in [0.25, 0.3) is 0 Å². The van der Waals surface area contributed by atoms with Crippen LogP contribution in [0.4, 0.5) is 0 Å². The number of pyridine rings is 1. The van der Waals surface area contributed by atoms with Crippen molar-refractivity contribution in [3.63, 3.8) is 0 Å². The molecule has 0 aliphatic carbocycles. The molecule has 0 unspecified atom stereocenters. The summed E-state index contributed by atoms with van der Waals surface area (Å²) in [6, 6.07) is 3.34. The predicted octanol–water partition coefficient (Wildman–Crippen LogP) is -0.168. The van der Waals surface area contributed by atoms with Crippen molar-refractivity contribution in [2.75, 3.05) is 0 Å². The van der Waals surface area contributed by atoms with Crippen molar-refractivity contribution in [3.8, 4) is 0 Å². The van der Waals surface area contributed by atoms with Gasteiger partial charge < -0.3 is 10.0 Å². The van der Waals surface area contributed by atoms with Gasteiger partial charge in [-0.15, -0.1) is 0 Å². The van der Waals surface area contributed by atoms with Gasteiger partial charge in [-0.05, 0) is 28.9 Å². The molecule has 58 valence electrons. The average molecular weight is 216 g/mol. The van der Waals surface area contributed by atoms with E-state index in [0.29, 0.717) is 10.1 Å². The number of rotatable bonds is 1. The maximum absolute atomic E-state index is 8.78. The van der Waals surface area contributed by atoms with E-state index in [1.54, 1.807) is 12.1 Å². The summed E-state index contributed by atoms with van der Waals surface area (Å²) in [5.74, 6) is 0. The quantitative estimate of drug-likeness (QED) is 0.506. The second-order valence-electron chi connectivity index (χ2n) is 2.21. The summed E-state index contributed by atoms with van der Waals surface area (Å²) in [5.41, 5.74) is 1.22. The summed E-state index contributed by atoms with van der Waals surface area (Å²) in [6.07, 6.45) is 0. The summed E-state index contributed by atoms with van der Waals surface area (Å²) in [4.78, 5) is 3.99. The van der Waals surface area contributed by atoms with Crippen molar-refractivity contribution in [3.05, 3.63) is 22.4 Å². The van der Waals surface area contributed by atoms with Gasteiger partial charge in [0, 0.05) is 11.2 Å². The molecule has 2 N–H and O–H groups in total. The molecule has 0 bridgehead atoms. The third-order valence-corrected chi connectivity index (χ3v) is 1.93. The lowest BCUT2D eigenvalue weighted by atomic mass is 9.82. The molecular formula is C6H7BBrNO2. The first-order chi connectivity index (χ1) is 5.11. The fourth-order valence-corrected chi connectivity index (χ4v) is 1.35. The number of hydrogen-bond donors (Lipinski definition) is 2. The summed E-state index contributed by atoms with van der Waals surface area (Å²) < 4.78 is 0.479. The zero-order chi connectivity index (χ0) is 8.43. The number of aryl methyl sites for hydroxylation is 1. The Hall–Kier alpha value is -0.385. The third kappa shape index (κ3) is 2.02. The second kappa shape index (κ2) is 3.34. The standard InChI is InChI=1S/C6H7BBrNO2/c1-4-2-3-5(7(10)11)6(8)9-4/h2-3,10-11H,1H3.